The van der Waals surface area contributed by atoms with Gasteiger partial charge >= 0.3 is 11.9 Å². The van der Waals surface area contributed by atoms with Crippen LogP contribution in [0.3, 0.4) is 0 Å². The zero-order chi connectivity index (χ0) is 15.7. The van der Waals surface area contributed by atoms with Gasteiger partial charge in [-0.05, 0) is 32.4 Å². The number of thiophene rings is 1. The van der Waals surface area contributed by atoms with Gasteiger partial charge in [0, 0.05) is 0 Å². The summed E-state index contributed by atoms with van der Waals surface area (Å²) in [6, 6.07) is 1.25. The first-order valence-corrected chi connectivity index (χ1v) is 7.77. The van der Waals surface area contributed by atoms with Crippen LogP contribution in [0.15, 0.2) is 10.3 Å². The second-order valence-corrected chi connectivity index (χ2v) is 7.57. The largest absolute Gasteiger partial charge is 0.477 e. The van der Waals surface area contributed by atoms with Crippen LogP contribution in [-0.4, -0.2) is 38.1 Å². The molecule has 0 unspecified atom stereocenters. The number of hydrogen-bond acceptors (Lipinski definition) is 6. The molecule has 1 aromatic heterocycles. The first-order valence-electron chi connectivity index (χ1n) is 5.47. The van der Waals surface area contributed by atoms with Gasteiger partial charge in [0.2, 0.25) is 0 Å². The topological polar surface area (TPSA) is 110 Å². The third-order valence-electron chi connectivity index (χ3n) is 2.44. The molecule has 9 heteroatoms. The Morgan fingerprint density at radius 1 is 1.40 bits per heavy atom. The molecule has 0 saturated carbocycles. The van der Waals surface area contributed by atoms with Crippen LogP contribution in [0.4, 0.5) is 0 Å². The summed E-state index contributed by atoms with van der Waals surface area (Å²) in [6.45, 7) is 4.22. The molecule has 0 aromatic carbocycles. The average Bonchev–Trinajstić information content (AvgIpc) is 2.69. The summed E-state index contributed by atoms with van der Waals surface area (Å²) < 4.78 is 30.8. The summed E-state index contributed by atoms with van der Waals surface area (Å²) >= 11 is 0.632. The maximum Gasteiger partial charge on any atom is 0.346 e. The fourth-order valence-electron chi connectivity index (χ4n) is 1.48. The van der Waals surface area contributed by atoms with Crippen molar-refractivity contribution in [2.45, 2.75) is 30.5 Å². The molecule has 20 heavy (non-hydrogen) atoms. The molecular weight excluding hydrogens is 306 g/mol. The zero-order valence-corrected chi connectivity index (χ0v) is 13.0. The van der Waals surface area contributed by atoms with E-state index >= 15 is 0 Å². The number of carboxylic acid groups (broad SMARTS) is 1. The first kappa shape index (κ1) is 16.6. The number of ether oxygens (including phenoxy) is 1. The number of nitrogens with one attached hydrogen (secondary N) is 1. The fourth-order valence-corrected chi connectivity index (χ4v) is 4.23. The molecule has 0 bridgehead atoms. The number of sulfonamides is 1. The van der Waals surface area contributed by atoms with Crippen LogP contribution in [0.2, 0.25) is 0 Å². The van der Waals surface area contributed by atoms with Crippen LogP contribution in [0.5, 0.6) is 0 Å². The number of aromatic carboxylic acids is 1. The molecule has 0 aliphatic carbocycles. The quantitative estimate of drug-likeness (QED) is 0.782. The van der Waals surface area contributed by atoms with Gasteiger partial charge in [-0.2, -0.15) is 4.72 Å². The second kappa shape index (κ2) is 5.51. The Kier molecular flexibility index (Phi) is 4.57. The predicted molar refractivity (Wildman–Crippen MR) is 72.4 cm³/mol. The lowest BCUT2D eigenvalue weighted by atomic mass is 10.1. The molecule has 1 aromatic rings. The highest BCUT2D eigenvalue weighted by Gasteiger charge is 2.35. The van der Waals surface area contributed by atoms with E-state index in [1.54, 1.807) is 0 Å². The van der Waals surface area contributed by atoms with E-state index in [-0.39, 0.29) is 9.09 Å². The second-order valence-electron chi connectivity index (χ2n) is 4.60. The van der Waals surface area contributed by atoms with E-state index in [1.165, 1.54) is 26.8 Å². The molecule has 1 heterocycles. The molecule has 0 aliphatic rings. The highest BCUT2D eigenvalue weighted by molar-refractivity contribution is 7.91. The number of rotatable bonds is 5. The molecule has 1 rings (SSSR count). The van der Waals surface area contributed by atoms with Crippen molar-refractivity contribution in [2.24, 2.45) is 0 Å². The predicted octanol–water partition coefficient (Wildman–Crippen LogP) is 0.985. The van der Waals surface area contributed by atoms with Crippen molar-refractivity contribution in [3.63, 3.8) is 0 Å². The first-order chi connectivity index (χ1) is 9.01. The van der Waals surface area contributed by atoms with Crippen molar-refractivity contribution in [1.29, 1.82) is 0 Å². The minimum atomic E-state index is -4.00. The molecule has 0 radical (unpaired) electrons. The van der Waals surface area contributed by atoms with Gasteiger partial charge in [-0.3, -0.25) is 4.79 Å². The molecule has 7 nitrogen and oxygen atoms in total. The van der Waals surface area contributed by atoms with Crippen LogP contribution < -0.4 is 4.72 Å². The number of esters is 1. The number of methoxy groups -OCH3 is 1. The molecule has 112 valence electrons. The Labute approximate surface area is 120 Å². The number of carbonyl (C=O) groups excluding carboxylic acids is 1. The van der Waals surface area contributed by atoms with Crippen molar-refractivity contribution in [2.75, 3.05) is 7.11 Å². The molecule has 0 saturated heterocycles. The number of aryl methyl sites for hydroxylation is 1. The van der Waals surface area contributed by atoms with Crippen molar-refractivity contribution in [3.05, 3.63) is 16.5 Å². The monoisotopic (exact) mass is 321 g/mol. The molecule has 0 atom stereocenters. The minimum absolute atomic E-state index is 0.0544. The lowest BCUT2D eigenvalue weighted by Gasteiger charge is -2.22. The summed E-state index contributed by atoms with van der Waals surface area (Å²) in [5, 5.41) is 8.92. The summed E-state index contributed by atoms with van der Waals surface area (Å²) in [7, 11) is -2.85. The molecular formula is C11H15NO6S2. The summed E-state index contributed by atoms with van der Waals surface area (Å²) in [4.78, 5) is 22.4. The Hall–Kier alpha value is -1.45. The van der Waals surface area contributed by atoms with E-state index in [9.17, 15) is 18.0 Å². The number of hydrogen-bond donors (Lipinski definition) is 2. The zero-order valence-electron chi connectivity index (χ0n) is 11.4. The third kappa shape index (κ3) is 3.35. The van der Waals surface area contributed by atoms with Crippen LogP contribution >= 0.6 is 11.3 Å². The van der Waals surface area contributed by atoms with E-state index in [4.69, 9.17) is 5.11 Å². The lowest BCUT2D eigenvalue weighted by molar-refractivity contribution is -0.146. The van der Waals surface area contributed by atoms with E-state index < -0.39 is 27.5 Å². The standard InChI is InChI=1S/C11H15NO6S2/c1-6-5-7(19-8(6)9(13)14)20(16,17)12-11(2,3)10(15)18-4/h5,12H,1-4H3,(H,13,14). The molecule has 0 spiro atoms. The van der Waals surface area contributed by atoms with Gasteiger partial charge in [-0.1, -0.05) is 0 Å². The van der Waals surface area contributed by atoms with Crippen molar-refractivity contribution < 1.29 is 27.9 Å². The molecule has 0 aliphatic heterocycles. The van der Waals surface area contributed by atoms with Gasteiger partial charge in [0.1, 0.15) is 14.6 Å². The van der Waals surface area contributed by atoms with Crippen LogP contribution in [-0.2, 0) is 19.6 Å². The van der Waals surface area contributed by atoms with Crippen LogP contribution in [0.25, 0.3) is 0 Å². The summed E-state index contributed by atoms with van der Waals surface area (Å²) in [5.41, 5.74) is -1.10. The van der Waals surface area contributed by atoms with Crippen molar-refractivity contribution in [3.8, 4) is 0 Å². The normalized spacial score (nSPS) is 12.2. The third-order valence-corrected chi connectivity index (χ3v) is 5.79. The maximum atomic E-state index is 12.2. The van der Waals surface area contributed by atoms with E-state index in [0.29, 0.717) is 16.9 Å². The highest BCUT2D eigenvalue weighted by atomic mass is 32.2. The van der Waals surface area contributed by atoms with E-state index in [2.05, 4.69) is 9.46 Å². The van der Waals surface area contributed by atoms with E-state index in [0.717, 1.165) is 7.11 Å². The average molecular weight is 321 g/mol. The maximum absolute atomic E-state index is 12.2. The van der Waals surface area contributed by atoms with Gasteiger partial charge in [0.15, 0.2) is 0 Å². The lowest BCUT2D eigenvalue weighted by Crippen LogP contribution is -2.49. The van der Waals surface area contributed by atoms with E-state index in [1.807, 2.05) is 0 Å². The molecule has 0 fully saturated rings. The highest BCUT2D eigenvalue weighted by Crippen LogP contribution is 2.27. The Balaban J connectivity index is 3.15. The van der Waals surface area contributed by atoms with Gasteiger partial charge in [0.05, 0.1) is 7.11 Å². The van der Waals surface area contributed by atoms with Gasteiger partial charge < -0.3 is 9.84 Å². The Morgan fingerprint density at radius 3 is 2.35 bits per heavy atom. The van der Waals surface area contributed by atoms with Gasteiger partial charge in [-0.25, -0.2) is 13.2 Å². The summed E-state index contributed by atoms with van der Waals surface area (Å²) in [5.74, 6) is -1.94. The number of carboxylic acids is 1. The van der Waals surface area contributed by atoms with Crippen molar-refractivity contribution in [1.82, 2.24) is 4.72 Å². The molecule has 2 N–H and O–H groups in total. The summed E-state index contributed by atoms with van der Waals surface area (Å²) in [6.07, 6.45) is 0. The Morgan fingerprint density at radius 2 is 1.95 bits per heavy atom. The molecule has 0 amide bonds. The van der Waals surface area contributed by atoms with Gasteiger partial charge in [0.25, 0.3) is 10.0 Å². The fraction of sp³-hybridized carbons (Fsp3) is 0.455. The smallest absolute Gasteiger partial charge is 0.346 e. The van der Waals surface area contributed by atoms with Crippen molar-refractivity contribution >= 4 is 33.3 Å². The Bertz CT molecular complexity index is 644. The van der Waals surface area contributed by atoms with Crippen LogP contribution in [0, 0.1) is 6.92 Å². The van der Waals surface area contributed by atoms with Crippen LogP contribution in [0.1, 0.15) is 29.1 Å². The number of carbonyl (C=O) groups is 2. The van der Waals surface area contributed by atoms with Gasteiger partial charge in [-0.15, -0.1) is 11.3 Å². The SMILES string of the molecule is COC(=O)C(C)(C)NS(=O)(=O)c1cc(C)c(C(=O)O)s1. The minimum Gasteiger partial charge on any atom is -0.477 e.